The molecule has 1 heterocycles. The van der Waals surface area contributed by atoms with E-state index in [-0.39, 0.29) is 0 Å². The lowest BCUT2D eigenvalue weighted by atomic mass is 9.89. The summed E-state index contributed by atoms with van der Waals surface area (Å²) in [5, 5.41) is 0. The third-order valence-corrected chi connectivity index (χ3v) is 13.1. The topological polar surface area (TPSA) is 25.3 Å². The van der Waals surface area contributed by atoms with Gasteiger partial charge in [0.15, 0.2) is 0 Å². The van der Waals surface area contributed by atoms with Crippen molar-refractivity contribution in [2.75, 3.05) is 0 Å². The number of hydrogen-bond donors (Lipinski definition) is 0. The molecule has 0 saturated carbocycles. The van der Waals surface area contributed by atoms with Crippen LogP contribution in [0.1, 0.15) is 274 Å². The van der Waals surface area contributed by atoms with E-state index in [0.29, 0.717) is 0 Å². The van der Waals surface area contributed by atoms with Gasteiger partial charge < -0.3 is 5.53 Å². The van der Waals surface area contributed by atoms with Gasteiger partial charge in [-0.2, -0.15) is 0 Å². The highest BCUT2D eigenvalue weighted by atomic mass is 15.2. The van der Waals surface area contributed by atoms with E-state index in [9.17, 15) is 5.53 Å². The van der Waals surface area contributed by atoms with Crippen LogP contribution in [0.5, 0.6) is 0 Å². The van der Waals surface area contributed by atoms with Gasteiger partial charge in [0.05, 0.1) is 0 Å². The van der Waals surface area contributed by atoms with Gasteiger partial charge in [-0.15, -0.1) is 0 Å². The predicted molar refractivity (Wildman–Crippen MR) is 262 cm³/mol. The lowest BCUT2D eigenvalue weighted by Crippen LogP contribution is -2.05. The zero-order valence-electron chi connectivity index (χ0n) is 40.1. The first-order chi connectivity index (χ1) is 29.0. The van der Waals surface area contributed by atoms with Crippen LogP contribution in [0, 0.1) is 0 Å². The Morgan fingerprint density at radius 3 is 0.831 bits per heavy atom. The van der Waals surface area contributed by atoms with Crippen molar-refractivity contribution >= 4 is 11.4 Å². The summed E-state index contributed by atoms with van der Waals surface area (Å²) < 4.78 is 1.71. The van der Waals surface area contributed by atoms with E-state index in [1.807, 2.05) is 0 Å². The van der Waals surface area contributed by atoms with Crippen LogP contribution in [0.4, 0.5) is 0 Å². The van der Waals surface area contributed by atoms with Crippen LogP contribution in [0.15, 0.2) is 47.5 Å². The van der Waals surface area contributed by atoms with E-state index < -0.39 is 0 Å². The Bertz CT molecular complexity index is 1420. The molecule has 0 spiro atoms. The first-order valence-electron chi connectivity index (χ1n) is 26.2. The van der Waals surface area contributed by atoms with Gasteiger partial charge in [0.1, 0.15) is 0 Å². The SMILES string of the molecule is CCCCCCCCc1cc(CCCCCCCC)cc(C2=C(CCCC)C(CCCCC)=C(c3cc(CCCCCCCC)cc(CCCCCCCC)c3)[N+]2=[N-])c1. The highest BCUT2D eigenvalue weighted by Crippen LogP contribution is 2.45. The lowest BCUT2D eigenvalue weighted by molar-refractivity contribution is -0.345. The molecule has 1 aliphatic rings. The van der Waals surface area contributed by atoms with Crippen molar-refractivity contribution in [2.24, 2.45) is 0 Å². The Labute approximate surface area is 367 Å². The molecule has 2 nitrogen and oxygen atoms in total. The summed E-state index contributed by atoms with van der Waals surface area (Å²) in [6, 6.07) is 15.0. The highest BCUT2D eigenvalue weighted by molar-refractivity contribution is 5.82. The number of rotatable bonds is 37. The van der Waals surface area contributed by atoms with Crippen molar-refractivity contribution in [1.29, 1.82) is 0 Å². The van der Waals surface area contributed by atoms with Crippen molar-refractivity contribution < 1.29 is 4.70 Å². The van der Waals surface area contributed by atoms with Crippen LogP contribution in [0.3, 0.4) is 0 Å². The highest BCUT2D eigenvalue weighted by Gasteiger charge is 2.35. The predicted octanol–water partition coefficient (Wildman–Crippen LogP) is 19.2. The molecule has 0 atom stereocenters. The van der Waals surface area contributed by atoms with Crippen molar-refractivity contribution in [2.45, 2.75) is 266 Å². The molecule has 0 aliphatic carbocycles. The fourth-order valence-corrected chi connectivity index (χ4v) is 9.50. The maximum atomic E-state index is 12.8. The van der Waals surface area contributed by atoms with Crippen molar-refractivity contribution in [3.8, 4) is 0 Å². The summed E-state index contributed by atoms with van der Waals surface area (Å²) in [7, 11) is 0. The minimum Gasteiger partial charge on any atom is -0.493 e. The summed E-state index contributed by atoms with van der Waals surface area (Å²) in [5.41, 5.74) is 26.2. The zero-order chi connectivity index (χ0) is 42.3. The molecule has 0 bridgehead atoms. The Morgan fingerprint density at radius 2 is 0.525 bits per heavy atom. The maximum absolute atomic E-state index is 12.8. The molecule has 3 rings (SSSR count). The van der Waals surface area contributed by atoms with E-state index in [0.717, 1.165) is 62.8 Å². The normalized spacial score (nSPS) is 13.2. The Morgan fingerprint density at radius 1 is 0.288 bits per heavy atom. The minimum absolute atomic E-state index is 1.03. The Balaban J connectivity index is 2.07. The third-order valence-electron chi connectivity index (χ3n) is 13.1. The molecule has 1 aliphatic heterocycles. The van der Waals surface area contributed by atoms with Crippen LogP contribution in [0.25, 0.3) is 16.9 Å². The monoisotopic (exact) mass is 807 g/mol. The average molecular weight is 807 g/mol. The van der Waals surface area contributed by atoms with Gasteiger partial charge in [-0.05, 0) is 124 Å². The molecule has 0 unspecified atom stereocenters. The molecular formula is C57H94N2. The van der Waals surface area contributed by atoms with Gasteiger partial charge in [0.2, 0.25) is 11.4 Å². The van der Waals surface area contributed by atoms with Crippen molar-refractivity contribution in [1.82, 2.24) is 0 Å². The summed E-state index contributed by atoms with van der Waals surface area (Å²) in [5.74, 6) is 0. The summed E-state index contributed by atoms with van der Waals surface area (Å²) in [6.07, 6.45) is 44.4. The van der Waals surface area contributed by atoms with Gasteiger partial charge >= 0.3 is 0 Å². The average Bonchev–Trinajstić information content (AvgIpc) is 3.52. The Kier molecular flexibility index (Phi) is 27.8. The molecule has 0 radical (unpaired) electrons. The second-order valence-electron chi connectivity index (χ2n) is 18.7. The van der Waals surface area contributed by atoms with E-state index in [1.54, 1.807) is 4.70 Å². The van der Waals surface area contributed by atoms with E-state index in [4.69, 9.17) is 0 Å². The van der Waals surface area contributed by atoms with Crippen LogP contribution in [0.2, 0.25) is 0 Å². The molecule has 0 saturated heterocycles. The number of aryl methyl sites for hydroxylation is 4. The van der Waals surface area contributed by atoms with Crippen LogP contribution < -0.4 is 0 Å². The van der Waals surface area contributed by atoms with Crippen LogP contribution in [-0.4, -0.2) is 4.70 Å². The molecule has 0 aromatic heterocycles. The van der Waals surface area contributed by atoms with Crippen molar-refractivity contribution in [3.05, 3.63) is 86.5 Å². The second-order valence-corrected chi connectivity index (χ2v) is 18.7. The number of unbranched alkanes of at least 4 members (excludes halogenated alkanes) is 23. The molecule has 0 amide bonds. The Hall–Kier alpha value is -2.48. The third kappa shape index (κ3) is 19.4. The fourth-order valence-electron chi connectivity index (χ4n) is 9.50. The molecule has 0 N–H and O–H groups in total. The number of allylic oxidation sites excluding steroid dienone is 2. The van der Waals surface area contributed by atoms with Gasteiger partial charge in [-0.1, -0.05) is 201 Å². The van der Waals surface area contributed by atoms with E-state index >= 15 is 0 Å². The van der Waals surface area contributed by atoms with E-state index in [2.05, 4.69) is 77.9 Å². The molecule has 59 heavy (non-hydrogen) atoms. The largest absolute Gasteiger partial charge is 0.493 e. The zero-order valence-corrected chi connectivity index (χ0v) is 40.1. The standard InChI is InChI=1S/C57H94N2/c1-7-13-19-23-27-32-36-48-42-49(37-33-28-24-20-14-8-2)45-52(44-48)56-54(40-18-12-6)55(41-31-17-11-5)57(59(56)58)53-46-50(38-34-29-25-21-15-9-3)43-51(47-53)39-35-30-26-22-16-10-4/h42-47H,7-41H2,1-6H3. The number of benzene rings is 2. The maximum Gasteiger partial charge on any atom is 0.211 e. The molecule has 2 aromatic carbocycles. The molecule has 2 heteroatoms. The van der Waals surface area contributed by atoms with E-state index in [1.165, 1.54) is 218 Å². The first kappa shape index (κ1) is 50.9. The molecule has 0 fully saturated rings. The van der Waals surface area contributed by atoms with Crippen LogP contribution >= 0.6 is 0 Å². The molecule has 2 aromatic rings. The molecule has 332 valence electrons. The minimum atomic E-state index is 1.03. The lowest BCUT2D eigenvalue weighted by Gasteiger charge is -2.15. The summed E-state index contributed by atoms with van der Waals surface area (Å²) in [4.78, 5) is 0. The van der Waals surface area contributed by atoms with Gasteiger partial charge in [0.25, 0.3) is 0 Å². The smallest absolute Gasteiger partial charge is 0.211 e. The number of nitrogens with zero attached hydrogens (tertiary/aromatic N) is 2. The summed E-state index contributed by atoms with van der Waals surface area (Å²) in [6.45, 7) is 13.9. The fraction of sp³-hybridized carbons (Fsp3) is 0.719. The molecular weight excluding hydrogens is 713 g/mol. The van der Waals surface area contributed by atoms with Crippen LogP contribution in [-0.2, 0) is 25.7 Å². The van der Waals surface area contributed by atoms with Gasteiger partial charge in [0, 0.05) is 22.3 Å². The van der Waals surface area contributed by atoms with Crippen molar-refractivity contribution in [3.63, 3.8) is 0 Å². The quantitative estimate of drug-likeness (QED) is 0.0480. The first-order valence-corrected chi connectivity index (χ1v) is 26.2. The second kappa shape index (κ2) is 32.3. The summed E-state index contributed by atoms with van der Waals surface area (Å²) >= 11 is 0. The van der Waals surface area contributed by atoms with Gasteiger partial charge in [-0.25, -0.2) is 4.70 Å². The number of hydrogen-bond acceptors (Lipinski definition) is 0. The van der Waals surface area contributed by atoms with Gasteiger partial charge in [-0.3, -0.25) is 0 Å².